The highest BCUT2D eigenvalue weighted by Crippen LogP contribution is 1.99. The molecule has 1 atom stereocenters. The van der Waals surface area contributed by atoms with Crippen molar-refractivity contribution in [1.29, 1.82) is 0 Å². The third-order valence-corrected chi connectivity index (χ3v) is 2.47. The summed E-state index contributed by atoms with van der Waals surface area (Å²) in [4.78, 5) is 15.5. The molecule has 1 rings (SSSR count). The number of nitrogens with two attached hydrogens (primary N) is 1. The summed E-state index contributed by atoms with van der Waals surface area (Å²) in [7, 11) is 0. The fraction of sp³-hybridized carbons (Fsp3) is 0.538. The van der Waals surface area contributed by atoms with Crippen molar-refractivity contribution in [2.75, 3.05) is 18.4 Å². The molecule has 0 aromatic carbocycles. The van der Waals surface area contributed by atoms with Crippen LogP contribution in [0.15, 0.2) is 24.4 Å². The third kappa shape index (κ3) is 10.8. The lowest BCUT2D eigenvalue weighted by Gasteiger charge is -2.08. The maximum Gasteiger partial charge on any atom is 0.220 e. The first-order chi connectivity index (χ1) is 8.68. The van der Waals surface area contributed by atoms with Crippen LogP contribution in [0.2, 0.25) is 0 Å². The fourth-order valence-corrected chi connectivity index (χ4v) is 1.45. The van der Waals surface area contributed by atoms with Gasteiger partial charge in [-0.3, -0.25) is 4.79 Å². The number of pyridine rings is 1. The van der Waals surface area contributed by atoms with E-state index < -0.39 is 0 Å². The number of nitrogens with zero attached hydrogens (tertiary/aromatic N) is 1. The van der Waals surface area contributed by atoms with E-state index in [0.717, 1.165) is 25.2 Å². The van der Waals surface area contributed by atoms with Crippen LogP contribution in [-0.4, -0.2) is 30.0 Å². The molecule has 5 nitrogen and oxygen atoms in total. The van der Waals surface area contributed by atoms with Crippen molar-refractivity contribution >= 4 is 36.5 Å². The maximum atomic E-state index is 11.4. The number of anilines is 1. The number of hydrogen-bond acceptors (Lipinski definition) is 4. The molecule has 1 aromatic heterocycles. The van der Waals surface area contributed by atoms with Crippen molar-refractivity contribution in [2.24, 2.45) is 5.73 Å². The zero-order valence-corrected chi connectivity index (χ0v) is 13.3. The van der Waals surface area contributed by atoms with Crippen molar-refractivity contribution in [3.63, 3.8) is 0 Å². The van der Waals surface area contributed by atoms with Gasteiger partial charge in [-0.1, -0.05) is 6.07 Å². The van der Waals surface area contributed by atoms with E-state index in [0.29, 0.717) is 13.0 Å². The molecule has 0 spiro atoms. The van der Waals surface area contributed by atoms with Crippen LogP contribution in [0, 0.1) is 0 Å². The van der Waals surface area contributed by atoms with E-state index in [1.165, 1.54) is 0 Å². The normalized spacial score (nSPS) is 10.7. The second-order valence-electron chi connectivity index (χ2n) is 4.36. The van der Waals surface area contributed by atoms with Crippen LogP contribution in [-0.2, 0) is 4.79 Å². The molecule has 0 saturated carbocycles. The number of aromatic nitrogens is 1. The highest BCUT2D eigenvalue weighted by Gasteiger charge is 2.02. The summed E-state index contributed by atoms with van der Waals surface area (Å²) < 4.78 is 0. The summed E-state index contributed by atoms with van der Waals surface area (Å²) >= 11 is 0. The maximum absolute atomic E-state index is 11.4. The molecule has 1 aromatic rings. The Bertz CT molecular complexity index is 349. The van der Waals surface area contributed by atoms with Gasteiger partial charge in [-0.05, 0) is 31.9 Å². The number of hydrogen-bond donors (Lipinski definition) is 3. The highest BCUT2D eigenvalue weighted by molar-refractivity contribution is 5.85. The van der Waals surface area contributed by atoms with E-state index in [1.807, 2.05) is 25.1 Å². The fourth-order valence-electron chi connectivity index (χ4n) is 1.45. The Labute approximate surface area is 132 Å². The molecule has 4 N–H and O–H groups in total. The van der Waals surface area contributed by atoms with E-state index >= 15 is 0 Å². The lowest BCUT2D eigenvalue weighted by molar-refractivity contribution is -0.121. The molecular formula is C13H24Cl2N4O. The molecule has 116 valence electrons. The summed E-state index contributed by atoms with van der Waals surface area (Å²) in [5.74, 6) is 0.936. The van der Waals surface area contributed by atoms with Crippen molar-refractivity contribution in [3.05, 3.63) is 24.4 Å². The second-order valence-corrected chi connectivity index (χ2v) is 4.36. The summed E-state index contributed by atoms with van der Waals surface area (Å²) in [5.41, 5.74) is 5.58. The number of rotatable bonds is 8. The number of carbonyl (C=O) groups excluding carboxylic acids is 1. The molecule has 7 heteroatoms. The van der Waals surface area contributed by atoms with Gasteiger partial charge in [0.05, 0.1) is 0 Å². The molecule has 20 heavy (non-hydrogen) atoms. The summed E-state index contributed by atoms with van der Waals surface area (Å²) in [6.45, 7) is 3.38. The van der Waals surface area contributed by atoms with Gasteiger partial charge in [0.15, 0.2) is 0 Å². The van der Waals surface area contributed by atoms with Crippen molar-refractivity contribution in [1.82, 2.24) is 10.3 Å². The van der Waals surface area contributed by atoms with Crippen LogP contribution >= 0.6 is 24.8 Å². The van der Waals surface area contributed by atoms with Gasteiger partial charge in [-0.15, -0.1) is 24.8 Å². The molecule has 0 bridgehead atoms. The van der Waals surface area contributed by atoms with Gasteiger partial charge in [0, 0.05) is 31.7 Å². The van der Waals surface area contributed by atoms with Gasteiger partial charge in [0.2, 0.25) is 5.91 Å². The van der Waals surface area contributed by atoms with Gasteiger partial charge in [-0.25, -0.2) is 4.98 Å². The van der Waals surface area contributed by atoms with Crippen LogP contribution in [0.5, 0.6) is 0 Å². The van der Waals surface area contributed by atoms with Crippen molar-refractivity contribution < 1.29 is 4.79 Å². The Balaban J connectivity index is 0. The Morgan fingerprint density at radius 3 is 2.70 bits per heavy atom. The molecule has 1 amide bonds. The van der Waals surface area contributed by atoms with E-state index in [9.17, 15) is 4.79 Å². The zero-order chi connectivity index (χ0) is 13.2. The first-order valence-corrected chi connectivity index (χ1v) is 6.35. The van der Waals surface area contributed by atoms with Crippen molar-refractivity contribution in [3.8, 4) is 0 Å². The average Bonchev–Trinajstić information content (AvgIpc) is 2.37. The molecule has 1 unspecified atom stereocenters. The SMILES string of the molecule is CC(N)CCC(=O)NCCCNc1ccccn1.Cl.Cl. The summed E-state index contributed by atoms with van der Waals surface area (Å²) in [5, 5.41) is 6.06. The van der Waals surface area contributed by atoms with Gasteiger partial charge < -0.3 is 16.4 Å². The highest BCUT2D eigenvalue weighted by atomic mass is 35.5. The van der Waals surface area contributed by atoms with E-state index in [1.54, 1.807) is 6.20 Å². The average molecular weight is 323 g/mol. The van der Waals surface area contributed by atoms with Gasteiger partial charge in [0.25, 0.3) is 0 Å². The minimum Gasteiger partial charge on any atom is -0.370 e. The largest absolute Gasteiger partial charge is 0.370 e. The molecular weight excluding hydrogens is 299 g/mol. The minimum atomic E-state index is 0. The lowest BCUT2D eigenvalue weighted by Crippen LogP contribution is -2.27. The Morgan fingerprint density at radius 1 is 1.35 bits per heavy atom. The molecule has 0 fully saturated rings. The zero-order valence-electron chi connectivity index (χ0n) is 11.7. The smallest absolute Gasteiger partial charge is 0.220 e. The minimum absolute atomic E-state index is 0. The Morgan fingerprint density at radius 2 is 2.10 bits per heavy atom. The molecule has 0 aliphatic heterocycles. The molecule has 0 aliphatic rings. The lowest BCUT2D eigenvalue weighted by atomic mass is 10.2. The second kappa shape index (κ2) is 13.0. The van der Waals surface area contributed by atoms with Crippen LogP contribution in [0.25, 0.3) is 0 Å². The molecule has 0 saturated heterocycles. The van der Waals surface area contributed by atoms with Crippen LogP contribution in [0.4, 0.5) is 5.82 Å². The van der Waals surface area contributed by atoms with E-state index in [2.05, 4.69) is 15.6 Å². The monoisotopic (exact) mass is 322 g/mol. The molecule has 1 heterocycles. The summed E-state index contributed by atoms with van der Waals surface area (Å²) in [6.07, 6.45) is 3.86. The van der Waals surface area contributed by atoms with Crippen molar-refractivity contribution in [2.45, 2.75) is 32.2 Å². The first-order valence-electron chi connectivity index (χ1n) is 6.35. The first kappa shape index (κ1) is 21.3. The molecule has 0 radical (unpaired) electrons. The topological polar surface area (TPSA) is 80.0 Å². The number of amides is 1. The van der Waals surface area contributed by atoms with E-state index in [-0.39, 0.29) is 36.8 Å². The van der Waals surface area contributed by atoms with E-state index in [4.69, 9.17) is 5.73 Å². The molecule has 0 aliphatic carbocycles. The summed E-state index contributed by atoms with van der Waals surface area (Å²) in [6, 6.07) is 5.82. The van der Waals surface area contributed by atoms with Gasteiger partial charge in [0.1, 0.15) is 5.82 Å². The van der Waals surface area contributed by atoms with Crippen LogP contribution in [0.1, 0.15) is 26.2 Å². The standard InChI is InChI=1S/C13H22N4O.2ClH/c1-11(14)6-7-13(18)17-10-4-9-16-12-5-2-3-8-15-12;;/h2-3,5,8,11H,4,6-7,9-10,14H2,1H3,(H,15,16)(H,17,18);2*1H. The predicted molar refractivity (Wildman–Crippen MR) is 87.7 cm³/mol. The quantitative estimate of drug-likeness (QED) is 0.639. The Hall–Kier alpha value is -1.04. The van der Waals surface area contributed by atoms with Crippen LogP contribution < -0.4 is 16.4 Å². The van der Waals surface area contributed by atoms with Gasteiger partial charge in [-0.2, -0.15) is 0 Å². The predicted octanol–water partition coefficient (Wildman–Crippen LogP) is 1.97. The van der Waals surface area contributed by atoms with Gasteiger partial charge >= 0.3 is 0 Å². The number of carbonyl (C=O) groups is 1. The number of nitrogens with one attached hydrogen (secondary N) is 2. The Kier molecular flexibility index (Phi) is 13.8. The van der Waals surface area contributed by atoms with Crippen LogP contribution in [0.3, 0.4) is 0 Å². The number of halogens is 2. The third-order valence-electron chi connectivity index (χ3n) is 2.47.